The first-order chi connectivity index (χ1) is 7.02. The fourth-order valence-corrected chi connectivity index (χ4v) is 2.30. The summed E-state index contributed by atoms with van der Waals surface area (Å²) >= 11 is 1.40. The van der Waals surface area contributed by atoms with Crippen molar-refractivity contribution in [2.75, 3.05) is 6.26 Å². The van der Waals surface area contributed by atoms with Crippen molar-refractivity contribution in [3.05, 3.63) is 12.4 Å². The van der Waals surface area contributed by atoms with E-state index >= 15 is 0 Å². The number of thioether (sulfide) groups is 1. The lowest BCUT2D eigenvalue weighted by Gasteiger charge is -1.96. The fourth-order valence-electron chi connectivity index (χ4n) is 1.22. The van der Waals surface area contributed by atoms with Crippen molar-refractivity contribution in [3.8, 4) is 0 Å². The van der Waals surface area contributed by atoms with Gasteiger partial charge in [-0.25, -0.2) is 9.97 Å². The fraction of sp³-hybridized carbons (Fsp3) is 0.143. The Morgan fingerprint density at radius 1 is 1.47 bits per heavy atom. The summed E-state index contributed by atoms with van der Waals surface area (Å²) in [7, 11) is -4.25. The van der Waals surface area contributed by atoms with Gasteiger partial charge in [0.15, 0.2) is 0 Å². The molecule has 2 aromatic heterocycles. The lowest BCUT2D eigenvalue weighted by Crippen LogP contribution is -2.03. The van der Waals surface area contributed by atoms with Gasteiger partial charge in [0, 0.05) is 0 Å². The van der Waals surface area contributed by atoms with Crippen LogP contribution in [0.1, 0.15) is 0 Å². The standard InChI is InChI=1S/C7H8N3O3PS/c1-15-7-4-2-5(14(11,12)13)10-6(4)8-3-9-7/h2-3H,1H3,(H,8,9,10)(H2,11,12,13). The minimum Gasteiger partial charge on any atom is -0.333 e. The number of hydrogen-bond donors (Lipinski definition) is 3. The van der Waals surface area contributed by atoms with Crippen LogP contribution in [-0.2, 0) is 4.57 Å². The maximum absolute atomic E-state index is 11.0. The molecule has 0 saturated carbocycles. The Hall–Kier alpha value is -0.880. The van der Waals surface area contributed by atoms with E-state index in [0.717, 1.165) is 0 Å². The molecule has 0 spiro atoms. The van der Waals surface area contributed by atoms with Crippen LogP contribution in [0.15, 0.2) is 17.4 Å². The van der Waals surface area contributed by atoms with Crippen LogP contribution in [0.5, 0.6) is 0 Å². The topological polar surface area (TPSA) is 99.1 Å². The number of nitrogens with zero attached hydrogens (tertiary/aromatic N) is 2. The predicted octanol–water partition coefficient (Wildman–Crippen LogP) is 0.483. The van der Waals surface area contributed by atoms with Gasteiger partial charge in [0.05, 0.1) is 5.39 Å². The van der Waals surface area contributed by atoms with Crippen molar-refractivity contribution in [1.29, 1.82) is 0 Å². The molecule has 80 valence electrons. The highest BCUT2D eigenvalue weighted by Crippen LogP contribution is 2.34. The number of rotatable bonds is 2. The molecule has 0 aliphatic carbocycles. The molecule has 0 amide bonds. The van der Waals surface area contributed by atoms with Crippen LogP contribution in [0, 0.1) is 0 Å². The molecular weight excluding hydrogens is 237 g/mol. The Balaban J connectivity index is 2.71. The van der Waals surface area contributed by atoms with Crippen molar-refractivity contribution in [3.63, 3.8) is 0 Å². The monoisotopic (exact) mass is 245 g/mol. The highest BCUT2D eigenvalue weighted by atomic mass is 32.2. The first-order valence-corrected chi connectivity index (χ1v) is 6.80. The Morgan fingerprint density at radius 3 is 2.80 bits per heavy atom. The van der Waals surface area contributed by atoms with E-state index in [4.69, 9.17) is 9.79 Å². The van der Waals surface area contributed by atoms with Gasteiger partial charge in [0.2, 0.25) is 0 Å². The number of aromatic nitrogens is 3. The molecule has 0 aromatic carbocycles. The molecule has 3 N–H and O–H groups in total. The summed E-state index contributed by atoms with van der Waals surface area (Å²) in [5.74, 6) is 0. The van der Waals surface area contributed by atoms with Gasteiger partial charge in [-0.05, 0) is 12.3 Å². The maximum atomic E-state index is 11.0. The van der Waals surface area contributed by atoms with Gasteiger partial charge >= 0.3 is 7.60 Å². The largest absolute Gasteiger partial charge is 0.372 e. The van der Waals surface area contributed by atoms with E-state index in [-0.39, 0.29) is 5.44 Å². The van der Waals surface area contributed by atoms with Crippen LogP contribution in [-0.4, -0.2) is 31.0 Å². The SMILES string of the molecule is CSc1ncnc2[nH]c(P(=O)(O)O)cc12. The van der Waals surface area contributed by atoms with E-state index in [9.17, 15) is 4.57 Å². The number of H-pyrrole nitrogens is 1. The first-order valence-electron chi connectivity index (χ1n) is 3.96. The molecule has 0 aliphatic heterocycles. The van der Waals surface area contributed by atoms with E-state index < -0.39 is 7.60 Å². The minimum atomic E-state index is -4.25. The second kappa shape index (κ2) is 3.61. The Bertz CT molecular complexity index is 549. The van der Waals surface area contributed by atoms with E-state index in [1.165, 1.54) is 24.2 Å². The molecule has 0 aliphatic rings. The molecule has 2 heterocycles. The van der Waals surface area contributed by atoms with Crippen LogP contribution in [0.2, 0.25) is 0 Å². The summed E-state index contributed by atoms with van der Waals surface area (Å²) in [5.41, 5.74) is 0.306. The molecule has 0 fully saturated rings. The van der Waals surface area contributed by atoms with Crippen LogP contribution >= 0.6 is 19.4 Å². The molecule has 0 radical (unpaired) electrons. The summed E-state index contributed by atoms with van der Waals surface area (Å²) in [6.45, 7) is 0. The second-order valence-electron chi connectivity index (χ2n) is 2.84. The molecule has 0 unspecified atom stereocenters. The van der Waals surface area contributed by atoms with Crippen molar-refractivity contribution in [2.45, 2.75) is 5.03 Å². The smallest absolute Gasteiger partial charge is 0.333 e. The molecule has 8 heteroatoms. The lowest BCUT2D eigenvalue weighted by atomic mass is 10.4. The van der Waals surface area contributed by atoms with Crippen LogP contribution in [0.3, 0.4) is 0 Å². The second-order valence-corrected chi connectivity index (χ2v) is 5.21. The summed E-state index contributed by atoms with van der Waals surface area (Å²) in [6, 6.07) is 1.39. The predicted molar refractivity (Wildman–Crippen MR) is 57.3 cm³/mol. The molecule has 6 nitrogen and oxygen atoms in total. The third-order valence-electron chi connectivity index (χ3n) is 1.88. The van der Waals surface area contributed by atoms with Gasteiger partial charge in [0.1, 0.15) is 22.4 Å². The third-order valence-corrected chi connectivity index (χ3v) is 3.46. The zero-order valence-corrected chi connectivity index (χ0v) is 9.42. The Morgan fingerprint density at radius 2 is 2.20 bits per heavy atom. The van der Waals surface area contributed by atoms with E-state index in [0.29, 0.717) is 16.1 Å². The molecule has 15 heavy (non-hydrogen) atoms. The number of nitrogens with one attached hydrogen (secondary N) is 1. The van der Waals surface area contributed by atoms with Crippen LogP contribution in [0.25, 0.3) is 11.0 Å². The molecular formula is C7H8N3O3PS. The molecule has 0 saturated heterocycles. The van der Waals surface area contributed by atoms with E-state index in [1.807, 2.05) is 6.26 Å². The summed E-state index contributed by atoms with van der Waals surface area (Å²) < 4.78 is 11.0. The van der Waals surface area contributed by atoms with Gasteiger partial charge < -0.3 is 14.8 Å². The van der Waals surface area contributed by atoms with Gasteiger partial charge in [-0.1, -0.05) is 0 Å². The summed E-state index contributed by atoms with van der Waals surface area (Å²) in [6.07, 6.45) is 3.19. The zero-order chi connectivity index (χ0) is 11.1. The molecule has 0 bridgehead atoms. The first kappa shape index (κ1) is 10.6. The minimum absolute atomic E-state index is 0.131. The Labute approximate surface area is 89.3 Å². The molecule has 2 aromatic rings. The Kier molecular flexibility index (Phi) is 2.56. The van der Waals surface area contributed by atoms with Crippen molar-refractivity contribution in [1.82, 2.24) is 15.0 Å². The maximum Gasteiger partial charge on any atom is 0.372 e. The molecule has 2 rings (SSSR count). The van der Waals surface area contributed by atoms with Gasteiger partial charge in [-0.15, -0.1) is 11.8 Å². The van der Waals surface area contributed by atoms with Crippen molar-refractivity contribution >= 4 is 35.8 Å². The van der Waals surface area contributed by atoms with Crippen LogP contribution < -0.4 is 5.44 Å². The summed E-state index contributed by atoms with van der Waals surface area (Å²) in [4.78, 5) is 28.4. The van der Waals surface area contributed by atoms with E-state index in [1.54, 1.807) is 0 Å². The lowest BCUT2D eigenvalue weighted by molar-refractivity contribution is 0.386. The van der Waals surface area contributed by atoms with Crippen molar-refractivity contribution in [2.24, 2.45) is 0 Å². The van der Waals surface area contributed by atoms with Gasteiger partial charge in [0.25, 0.3) is 0 Å². The molecule has 0 atom stereocenters. The van der Waals surface area contributed by atoms with Crippen LogP contribution in [0.4, 0.5) is 0 Å². The number of fused-ring (bicyclic) bond motifs is 1. The van der Waals surface area contributed by atoms with Crippen molar-refractivity contribution < 1.29 is 14.4 Å². The number of aromatic amines is 1. The quantitative estimate of drug-likeness (QED) is 0.404. The normalized spacial score (nSPS) is 12.2. The third kappa shape index (κ3) is 1.91. The highest BCUT2D eigenvalue weighted by molar-refractivity contribution is 7.98. The van der Waals surface area contributed by atoms with Gasteiger partial charge in [-0.2, -0.15) is 0 Å². The average molecular weight is 245 g/mol. The summed E-state index contributed by atoms with van der Waals surface area (Å²) in [5, 5.41) is 1.32. The average Bonchev–Trinajstić information content (AvgIpc) is 2.59. The van der Waals surface area contributed by atoms with Gasteiger partial charge in [-0.3, -0.25) is 4.57 Å². The van der Waals surface area contributed by atoms with E-state index in [2.05, 4.69) is 15.0 Å². The zero-order valence-electron chi connectivity index (χ0n) is 7.71. The highest BCUT2D eigenvalue weighted by Gasteiger charge is 2.21. The number of hydrogen-bond acceptors (Lipinski definition) is 4.